The quantitative estimate of drug-likeness (QED) is 0.113. The second-order valence-corrected chi connectivity index (χ2v) is 35.7. The van der Waals surface area contributed by atoms with Gasteiger partial charge >= 0.3 is 0 Å². The first-order valence-corrected chi connectivity index (χ1v) is 40.8. The topological polar surface area (TPSA) is 16.3 Å². The van der Waals surface area contributed by atoms with Gasteiger partial charge in [-0.15, -0.1) is 0 Å². The molecule has 0 saturated carbocycles. The molecule has 0 spiro atoms. The SMILES string of the molecule is CC(C)(C)c1cc(-c2ccccc2)c(N2c3cc(-n4c(-c5ccccc5)c(-c5ccccc5)c5cc(C(C)(C)C)ccc54)ccc3B3c4ccc(-n5c(-c6ccccc6)c(-c6ccccc6)c6cc(C(C)(C)C)ccc65)cc4N(c4c(-c5ccccc5)cc(C(C)(C)C)cc4-c4ccccc4)c4cccc2c43)c(-c2ccccc2)c1. The van der Waals surface area contributed by atoms with Crippen LogP contribution in [0, 0.1) is 0 Å². The Labute approximate surface area is 679 Å². The minimum absolute atomic E-state index is 0.110. The maximum absolute atomic E-state index is 2.71. The number of hydrogen-bond acceptors (Lipinski definition) is 2. The Morgan fingerprint density at radius 2 is 0.504 bits per heavy atom. The molecule has 0 radical (unpaired) electrons. The summed E-state index contributed by atoms with van der Waals surface area (Å²) in [6.45, 7) is 27.9. The van der Waals surface area contributed by atoms with Crippen molar-refractivity contribution >= 4 is 79.0 Å². The van der Waals surface area contributed by atoms with Crippen molar-refractivity contribution in [2.24, 2.45) is 0 Å². The van der Waals surface area contributed by atoms with Gasteiger partial charge in [0.1, 0.15) is 0 Å². The molecule has 17 aromatic rings. The van der Waals surface area contributed by atoms with Crippen LogP contribution >= 0.6 is 0 Å². The molecule has 2 aliphatic rings. The minimum Gasteiger partial charge on any atom is -0.310 e. The van der Waals surface area contributed by atoms with E-state index in [-0.39, 0.29) is 28.4 Å². The van der Waals surface area contributed by atoms with Crippen LogP contribution in [0.25, 0.3) is 122 Å². The monoisotopic (exact) mass is 1480 g/mol. The first-order valence-electron chi connectivity index (χ1n) is 40.8. The van der Waals surface area contributed by atoms with Crippen LogP contribution in [-0.2, 0) is 21.7 Å². The summed E-state index contributed by atoms with van der Waals surface area (Å²) in [4.78, 5) is 5.42. The Hall–Kier alpha value is -13.0. The molecule has 5 heteroatoms. The standard InChI is InChI=1S/C110H95BN4/c1-107(2,3)80-56-62-94-90(64-80)100(76-46-29-17-30-47-76)103(78-50-33-19-34-51-78)112(94)84-58-60-92-98(70-84)114(105-86(72-38-21-13-22-39-72)66-82(109(7,8)9)67-87(105)73-40-23-14-24-41-73)96-54-37-55-97-102(96)111(92)93-61-59-85(113-95-63-57-81(108(4,5)6)65-91(95)101(77-48-31-18-32-49-77)104(113)79-52-35-20-36-53-79)71-99(93)115(97)106-88(74-42-25-15-26-43-74)68-83(110(10,11)12)69-89(106)75-44-27-16-28-45-75/h13-71H,1-12H3. The van der Waals surface area contributed by atoms with Gasteiger partial charge in [0, 0.05) is 78.3 Å². The van der Waals surface area contributed by atoms with Gasteiger partial charge in [-0.05, 0) is 190 Å². The van der Waals surface area contributed by atoms with E-state index in [0.29, 0.717) is 0 Å². The lowest BCUT2D eigenvalue weighted by Gasteiger charge is -2.46. The summed E-state index contributed by atoms with van der Waals surface area (Å²) in [5.41, 5.74) is 37.7. The molecule has 0 saturated heterocycles. The zero-order chi connectivity index (χ0) is 78.8. The molecule has 115 heavy (non-hydrogen) atoms. The molecule has 0 fully saturated rings. The molecule has 0 bridgehead atoms. The van der Waals surface area contributed by atoms with Gasteiger partial charge in [-0.1, -0.05) is 356 Å². The van der Waals surface area contributed by atoms with E-state index in [4.69, 9.17) is 0 Å². The van der Waals surface area contributed by atoms with Crippen LogP contribution in [0.1, 0.15) is 105 Å². The normalized spacial score (nSPS) is 12.8. The number of rotatable bonds is 12. The zero-order valence-electron chi connectivity index (χ0n) is 67.9. The van der Waals surface area contributed by atoms with E-state index in [2.05, 4.69) is 460 Å². The van der Waals surface area contributed by atoms with E-state index in [1.807, 2.05) is 0 Å². The fourth-order valence-electron chi connectivity index (χ4n) is 18.2. The van der Waals surface area contributed by atoms with E-state index in [1.54, 1.807) is 0 Å². The summed E-state index contributed by atoms with van der Waals surface area (Å²) in [7, 11) is 0. The lowest BCUT2D eigenvalue weighted by molar-refractivity contribution is 0.590. The van der Waals surface area contributed by atoms with Gasteiger partial charge in [0.2, 0.25) is 0 Å². The third kappa shape index (κ3) is 12.5. The molecule has 0 amide bonds. The highest BCUT2D eigenvalue weighted by Crippen LogP contribution is 2.56. The predicted molar refractivity (Wildman–Crippen MR) is 492 cm³/mol. The smallest absolute Gasteiger partial charge is 0.252 e. The molecule has 558 valence electrons. The van der Waals surface area contributed by atoms with E-state index in [0.717, 1.165) is 124 Å². The number of nitrogens with zero attached hydrogens (tertiary/aromatic N) is 4. The van der Waals surface area contributed by atoms with Crippen LogP contribution in [0.15, 0.2) is 358 Å². The maximum atomic E-state index is 2.71. The highest BCUT2D eigenvalue weighted by molar-refractivity contribution is 7.00. The first kappa shape index (κ1) is 72.3. The van der Waals surface area contributed by atoms with Gasteiger partial charge < -0.3 is 18.9 Å². The average molecular weight is 1480 g/mol. The van der Waals surface area contributed by atoms with Gasteiger partial charge in [0.05, 0.1) is 33.8 Å². The number of aromatic nitrogens is 2. The van der Waals surface area contributed by atoms with Crippen LogP contribution in [-0.4, -0.2) is 15.8 Å². The van der Waals surface area contributed by atoms with Crippen molar-refractivity contribution in [3.63, 3.8) is 0 Å². The summed E-state index contributed by atoms with van der Waals surface area (Å²) < 4.78 is 5.17. The molecule has 0 N–H and O–H groups in total. The number of hydrogen-bond donors (Lipinski definition) is 0. The summed E-state index contributed by atoms with van der Waals surface area (Å²) >= 11 is 0. The van der Waals surface area contributed by atoms with Crippen molar-refractivity contribution in [3.05, 3.63) is 380 Å². The highest BCUT2D eigenvalue weighted by atomic mass is 15.2. The minimum atomic E-state index is -0.288. The van der Waals surface area contributed by atoms with Gasteiger partial charge in [-0.2, -0.15) is 0 Å². The second-order valence-electron chi connectivity index (χ2n) is 35.7. The number of benzene rings is 15. The average Bonchev–Trinajstić information content (AvgIpc) is 0.787. The fourth-order valence-corrected chi connectivity index (χ4v) is 18.2. The van der Waals surface area contributed by atoms with E-state index in [1.165, 1.54) is 71.7 Å². The third-order valence-electron chi connectivity index (χ3n) is 24.1. The first-order chi connectivity index (χ1) is 55.6. The summed E-state index contributed by atoms with van der Waals surface area (Å²) in [5.74, 6) is 0. The van der Waals surface area contributed by atoms with Crippen molar-refractivity contribution in [2.75, 3.05) is 9.80 Å². The van der Waals surface area contributed by atoms with Crippen LogP contribution in [0.5, 0.6) is 0 Å². The molecule has 4 heterocycles. The predicted octanol–water partition coefficient (Wildman–Crippen LogP) is 28.2. The van der Waals surface area contributed by atoms with Crippen molar-refractivity contribution in [3.8, 4) is 101 Å². The fraction of sp³-hybridized carbons (Fsp3) is 0.145. The molecule has 2 aromatic heterocycles. The van der Waals surface area contributed by atoms with E-state index >= 15 is 0 Å². The molecule has 19 rings (SSSR count). The largest absolute Gasteiger partial charge is 0.310 e. The van der Waals surface area contributed by atoms with Gasteiger partial charge in [0.25, 0.3) is 6.71 Å². The zero-order valence-corrected chi connectivity index (χ0v) is 67.9. The summed E-state index contributed by atoms with van der Waals surface area (Å²) in [6, 6.07) is 136. The lowest BCUT2D eigenvalue weighted by atomic mass is 9.33. The molecule has 0 atom stereocenters. The van der Waals surface area contributed by atoms with Crippen molar-refractivity contribution in [1.29, 1.82) is 0 Å². The molecule has 4 nitrogen and oxygen atoms in total. The molecule has 0 unspecified atom stereocenters. The molecular weight excluding hydrogens is 1390 g/mol. The van der Waals surface area contributed by atoms with Crippen LogP contribution in [0.4, 0.5) is 34.1 Å². The summed E-state index contributed by atoms with van der Waals surface area (Å²) in [6.07, 6.45) is 0. The van der Waals surface area contributed by atoms with E-state index in [9.17, 15) is 0 Å². The number of anilines is 6. The Bertz CT molecular complexity index is 6050. The second kappa shape index (κ2) is 28.0. The van der Waals surface area contributed by atoms with Crippen molar-refractivity contribution in [1.82, 2.24) is 9.13 Å². The molecule has 2 aliphatic heterocycles. The van der Waals surface area contributed by atoms with Crippen molar-refractivity contribution in [2.45, 2.75) is 105 Å². The Kier molecular flexibility index (Phi) is 17.6. The van der Waals surface area contributed by atoms with E-state index < -0.39 is 0 Å². The molecule has 0 aliphatic carbocycles. The molecular formula is C110H95BN4. The Morgan fingerprint density at radius 3 is 0.791 bits per heavy atom. The molecule has 15 aromatic carbocycles. The Morgan fingerprint density at radius 1 is 0.226 bits per heavy atom. The van der Waals surface area contributed by atoms with Crippen LogP contribution in [0.3, 0.4) is 0 Å². The Balaban J connectivity index is 0.988. The van der Waals surface area contributed by atoms with Gasteiger partial charge in [-0.3, -0.25) is 0 Å². The lowest BCUT2D eigenvalue weighted by Crippen LogP contribution is -2.61. The number of fused-ring (bicyclic) bond motifs is 6. The van der Waals surface area contributed by atoms with Crippen LogP contribution in [0.2, 0.25) is 0 Å². The third-order valence-corrected chi connectivity index (χ3v) is 24.1. The summed E-state index contributed by atoms with van der Waals surface area (Å²) in [5, 5.41) is 2.43. The van der Waals surface area contributed by atoms with Gasteiger partial charge in [-0.25, -0.2) is 0 Å². The van der Waals surface area contributed by atoms with Crippen molar-refractivity contribution < 1.29 is 0 Å². The van der Waals surface area contributed by atoms with Gasteiger partial charge in [0.15, 0.2) is 0 Å². The van der Waals surface area contributed by atoms with Crippen LogP contribution < -0.4 is 26.2 Å². The highest BCUT2D eigenvalue weighted by Gasteiger charge is 2.46. The maximum Gasteiger partial charge on any atom is 0.252 e.